The van der Waals surface area contributed by atoms with Gasteiger partial charge in [-0.2, -0.15) is 0 Å². The molecule has 0 radical (unpaired) electrons. The van der Waals surface area contributed by atoms with E-state index in [0.29, 0.717) is 5.69 Å². The molecule has 0 amide bonds. The Morgan fingerprint density at radius 1 is 1.05 bits per heavy atom. The van der Waals surface area contributed by atoms with E-state index in [1.807, 2.05) is 0 Å². The second-order valence-corrected chi connectivity index (χ2v) is 4.73. The first-order valence-corrected chi connectivity index (χ1v) is 6.36. The van der Waals surface area contributed by atoms with Crippen molar-refractivity contribution in [3.05, 3.63) is 65.5 Å². The number of halogens is 3. The first kappa shape index (κ1) is 13.5. The van der Waals surface area contributed by atoms with Crippen LogP contribution in [0.15, 0.2) is 47.5 Å². The van der Waals surface area contributed by atoms with Crippen LogP contribution in [-0.4, -0.2) is 12.5 Å². The van der Waals surface area contributed by atoms with Gasteiger partial charge >= 0.3 is 0 Å². The fraction of sp³-hybridized carbons (Fsp3) is 0.133. The van der Waals surface area contributed by atoms with Crippen molar-refractivity contribution in [3.63, 3.8) is 0 Å². The van der Waals surface area contributed by atoms with Crippen molar-refractivity contribution in [2.24, 2.45) is 10.7 Å². The Morgan fingerprint density at radius 2 is 1.81 bits per heavy atom. The molecule has 1 aliphatic heterocycles. The molecule has 2 aromatic rings. The lowest BCUT2D eigenvalue weighted by atomic mass is 10.0. The Hall–Kier alpha value is -2.50. The maximum absolute atomic E-state index is 14.0. The summed E-state index contributed by atoms with van der Waals surface area (Å²) >= 11 is 0. The van der Waals surface area contributed by atoms with Gasteiger partial charge in [0.25, 0.3) is 0 Å². The van der Waals surface area contributed by atoms with E-state index in [-0.39, 0.29) is 18.1 Å². The van der Waals surface area contributed by atoms with Crippen LogP contribution in [-0.2, 0) is 0 Å². The highest BCUT2D eigenvalue weighted by Crippen LogP contribution is 2.32. The molecule has 0 fully saturated rings. The number of hydrogen-bond acceptors (Lipinski definition) is 3. The summed E-state index contributed by atoms with van der Waals surface area (Å²) in [4.78, 5) is 5.62. The van der Waals surface area contributed by atoms with Crippen molar-refractivity contribution in [1.82, 2.24) is 0 Å². The molecule has 0 saturated carbocycles. The van der Waals surface area contributed by atoms with Gasteiger partial charge in [0, 0.05) is 17.3 Å². The lowest BCUT2D eigenvalue weighted by molar-refractivity contribution is 0.559. The van der Waals surface area contributed by atoms with Gasteiger partial charge in [-0.1, -0.05) is 12.1 Å². The van der Waals surface area contributed by atoms with Crippen molar-refractivity contribution in [1.29, 1.82) is 0 Å². The molecule has 0 spiro atoms. The number of guanidine groups is 1. The van der Waals surface area contributed by atoms with Crippen LogP contribution in [0.1, 0.15) is 11.6 Å². The van der Waals surface area contributed by atoms with E-state index in [0.717, 1.165) is 6.07 Å². The zero-order valence-corrected chi connectivity index (χ0v) is 10.9. The van der Waals surface area contributed by atoms with Crippen LogP contribution in [0.2, 0.25) is 0 Å². The maximum Gasteiger partial charge on any atom is 0.196 e. The smallest absolute Gasteiger partial charge is 0.196 e. The average Bonchev–Trinajstić information content (AvgIpc) is 2.80. The predicted octanol–water partition coefficient (Wildman–Crippen LogP) is 2.98. The van der Waals surface area contributed by atoms with Gasteiger partial charge in [-0.05, 0) is 24.3 Å². The van der Waals surface area contributed by atoms with Crippen molar-refractivity contribution in [2.75, 3.05) is 11.4 Å². The molecule has 21 heavy (non-hydrogen) atoms. The second kappa shape index (κ2) is 5.12. The van der Waals surface area contributed by atoms with Crippen LogP contribution in [0.5, 0.6) is 0 Å². The van der Waals surface area contributed by atoms with Gasteiger partial charge < -0.3 is 10.6 Å². The second-order valence-electron chi connectivity index (χ2n) is 4.73. The molecule has 6 heteroatoms. The Bertz CT molecular complexity index is 715. The summed E-state index contributed by atoms with van der Waals surface area (Å²) < 4.78 is 40.4. The normalized spacial score (nSPS) is 18.0. The molecule has 1 unspecified atom stereocenters. The van der Waals surface area contributed by atoms with Gasteiger partial charge in [-0.3, -0.25) is 4.99 Å². The zero-order valence-electron chi connectivity index (χ0n) is 10.9. The number of benzene rings is 2. The van der Waals surface area contributed by atoms with Crippen LogP contribution >= 0.6 is 0 Å². The molecule has 0 saturated heterocycles. The third-order valence-electron chi connectivity index (χ3n) is 3.39. The Labute approximate surface area is 119 Å². The summed E-state index contributed by atoms with van der Waals surface area (Å²) in [6.45, 7) is 0.227. The lowest BCUT2D eigenvalue weighted by Gasteiger charge is -2.27. The SMILES string of the molecule is NC1=NCC(c2ccc(F)cc2F)N1c1cccc(F)c1. The number of hydrogen-bond donors (Lipinski definition) is 1. The van der Waals surface area contributed by atoms with Crippen LogP contribution in [0, 0.1) is 17.5 Å². The number of nitrogens with two attached hydrogens (primary N) is 1. The van der Waals surface area contributed by atoms with E-state index < -0.39 is 23.5 Å². The molecule has 1 aliphatic rings. The molecule has 1 atom stereocenters. The van der Waals surface area contributed by atoms with E-state index in [2.05, 4.69) is 4.99 Å². The summed E-state index contributed by atoms with van der Waals surface area (Å²) in [5.41, 5.74) is 6.57. The highest BCUT2D eigenvalue weighted by atomic mass is 19.1. The van der Waals surface area contributed by atoms with Gasteiger partial charge in [0.2, 0.25) is 0 Å². The largest absolute Gasteiger partial charge is 0.369 e. The molecule has 3 nitrogen and oxygen atoms in total. The number of rotatable bonds is 2. The summed E-state index contributed by atoms with van der Waals surface area (Å²) in [5.74, 6) is -1.58. The topological polar surface area (TPSA) is 41.6 Å². The standard InChI is InChI=1S/C15H12F3N3/c16-9-2-1-3-11(6-9)21-14(8-20-15(21)19)12-5-4-10(17)7-13(12)18/h1-7,14H,8H2,(H2,19,20). The predicted molar refractivity (Wildman–Crippen MR) is 74.5 cm³/mol. The lowest BCUT2D eigenvalue weighted by Crippen LogP contribution is -2.36. The molecule has 1 heterocycles. The minimum Gasteiger partial charge on any atom is -0.369 e. The third-order valence-corrected chi connectivity index (χ3v) is 3.39. The average molecular weight is 291 g/mol. The summed E-state index contributed by atoms with van der Waals surface area (Å²) in [6.07, 6.45) is 0. The third kappa shape index (κ3) is 2.44. The number of nitrogens with zero attached hydrogens (tertiary/aromatic N) is 2. The molecule has 0 aliphatic carbocycles. The minimum atomic E-state index is -0.675. The number of anilines is 1. The molecular formula is C15H12F3N3. The minimum absolute atomic E-state index is 0.175. The van der Waals surface area contributed by atoms with E-state index in [1.54, 1.807) is 11.0 Å². The van der Waals surface area contributed by atoms with Crippen molar-refractivity contribution >= 4 is 11.6 Å². The van der Waals surface area contributed by atoms with E-state index in [9.17, 15) is 13.2 Å². The van der Waals surface area contributed by atoms with Crippen molar-refractivity contribution in [3.8, 4) is 0 Å². The molecule has 108 valence electrons. The van der Waals surface area contributed by atoms with Crippen molar-refractivity contribution in [2.45, 2.75) is 6.04 Å². The molecular weight excluding hydrogens is 279 g/mol. The van der Waals surface area contributed by atoms with E-state index in [1.165, 1.54) is 30.3 Å². The van der Waals surface area contributed by atoms with Crippen molar-refractivity contribution < 1.29 is 13.2 Å². The van der Waals surface area contributed by atoms with Crippen LogP contribution in [0.25, 0.3) is 0 Å². The number of aliphatic imine (C=N–C) groups is 1. The van der Waals surface area contributed by atoms with Crippen LogP contribution < -0.4 is 10.6 Å². The Balaban J connectivity index is 2.03. The Kier molecular flexibility index (Phi) is 3.29. The first-order valence-electron chi connectivity index (χ1n) is 6.36. The monoisotopic (exact) mass is 291 g/mol. The molecule has 2 N–H and O–H groups in total. The van der Waals surface area contributed by atoms with Gasteiger partial charge in [-0.25, -0.2) is 13.2 Å². The fourth-order valence-electron chi connectivity index (χ4n) is 2.44. The van der Waals surface area contributed by atoms with Crippen LogP contribution in [0.3, 0.4) is 0 Å². The van der Waals surface area contributed by atoms with E-state index in [4.69, 9.17) is 5.73 Å². The summed E-state index contributed by atoms with van der Waals surface area (Å²) in [6, 6.07) is 8.62. The fourth-order valence-corrected chi connectivity index (χ4v) is 2.44. The van der Waals surface area contributed by atoms with Gasteiger partial charge in [0.15, 0.2) is 5.96 Å². The first-order chi connectivity index (χ1) is 10.1. The zero-order chi connectivity index (χ0) is 15.0. The maximum atomic E-state index is 14.0. The molecule has 0 aromatic heterocycles. The summed E-state index contributed by atoms with van der Waals surface area (Å²) in [5, 5.41) is 0. The van der Waals surface area contributed by atoms with Gasteiger partial charge in [0.05, 0.1) is 12.6 Å². The highest BCUT2D eigenvalue weighted by Gasteiger charge is 2.31. The summed E-state index contributed by atoms with van der Waals surface area (Å²) in [7, 11) is 0. The highest BCUT2D eigenvalue weighted by molar-refractivity contribution is 5.97. The van der Waals surface area contributed by atoms with E-state index >= 15 is 0 Å². The quantitative estimate of drug-likeness (QED) is 0.924. The molecule has 3 rings (SSSR count). The molecule has 2 aromatic carbocycles. The molecule has 0 bridgehead atoms. The van der Waals surface area contributed by atoms with Crippen LogP contribution in [0.4, 0.5) is 18.9 Å². The Morgan fingerprint density at radius 3 is 2.52 bits per heavy atom. The van der Waals surface area contributed by atoms with Gasteiger partial charge in [-0.15, -0.1) is 0 Å². The van der Waals surface area contributed by atoms with Gasteiger partial charge in [0.1, 0.15) is 17.5 Å².